The SMILES string of the molecule is CCOC(=O)Cc1cc(C)ccc1C(=O)C(C)Br. The quantitative estimate of drug-likeness (QED) is 0.477. The predicted octanol–water partition coefficient (Wildman–Crippen LogP) is 3.07. The fourth-order valence-electron chi connectivity index (χ4n) is 1.69. The lowest BCUT2D eigenvalue weighted by Gasteiger charge is -2.10. The standard InChI is InChI=1S/C14H17BrO3/c1-4-18-13(16)8-11-7-9(2)5-6-12(11)14(17)10(3)15/h5-7,10H,4,8H2,1-3H3. The van der Waals surface area contributed by atoms with E-state index in [0.29, 0.717) is 12.2 Å². The number of alkyl halides is 1. The Bertz CT molecular complexity index is 452. The van der Waals surface area contributed by atoms with Crippen LogP contribution >= 0.6 is 15.9 Å². The van der Waals surface area contributed by atoms with Gasteiger partial charge in [-0.25, -0.2) is 0 Å². The molecule has 1 unspecified atom stereocenters. The molecule has 0 saturated heterocycles. The van der Waals surface area contributed by atoms with Gasteiger partial charge in [0.1, 0.15) is 0 Å². The summed E-state index contributed by atoms with van der Waals surface area (Å²) in [5, 5.41) is 0. The summed E-state index contributed by atoms with van der Waals surface area (Å²) >= 11 is 3.26. The summed E-state index contributed by atoms with van der Waals surface area (Å²) in [6.07, 6.45) is 0.135. The molecule has 0 spiro atoms. The number of benzene rings is 1. The fraction of sp³-hybridized carbons (Fsp3) is 0.429. The van der Waals surface area contributed by atoms with E-state index in [9.17, 15) is 9.59 Å². The van der Waals surface area contributed by atoms with E-state index in [1.54, 1.807) is 19.9 Å². The van der Waals surface area contributed by atoms with Crippen molar-refractivity contribution in [2.75, 3.05) is 6.61 Å². The third-order valence-electron chi connectivity index (χ3n) is 2.53. The molecule has 1 rings (SSSR count). The van der Waals surface area contributed by atoms with E-state index in [0.717, 1.165) is 11.1 Å². The largest absolute Gasteiger partial charge is 0.466 e. The average molecular weight is 313 g/mol. The molecular weight excluding hydrogens is 296 g/mol. The van der Waals surface area contributed by atoms with Crippen LogP contribution in [0.25, 0.3) is 0 Å². The Morgan fingerprint density at radius 2 is 2.06 bits per heavy atom. The van der Waals surface area contributed by atoms with E-state index >= 15 is 0 Å². The molecule has 0 saturated carbocycles. The first-order chi connectivity index (χ1) is 8.45. The molecule has 0 aliphatic rings. The number of halogens is 1. The van der Waals surface area contributed by atoms with Crippen molar-refractivity contribution in [1.82, 2.24) is 0 Å². The van der Waals surface area contributed by atoms with Crippen LogP contribution in [0.3, 0.4) is 0 Å². The zero-order chi connectivity index (χ0) is 13.7. The second-order valence-corrected chi connectivity index (χ2v) is 5.50. The third-order valence-corrected chi connectivity index (χ3v) is 2.94. The lowest BCUT2D eigenvalue weighted by atomic mass is 9.97. The van der Waals surface area contributed by atoms with Gasteiger partial charge in [0.2, 0.25) is 0 Å². The molecule has 4 heteroatoms. The van der Waals surface area contributed by atoms with E-state index in [2.05, 4.69) is 15.9 Å². The molecule has 1 atom stereocenters. The van der Waals surface area contributed by atoms with Crippen molar-refractivity contribution in [3.8, 4) is 0 Å². The second-order valence-electron chi connectivity index (χ2n) is 4.12. The van der Waals surface area contributed by atoms with E-state index in [4.69, 9.17) is 4.74 Å². The fourth-order valence-corrected chi connectivity index (χ4v) is 1.94. The highest BCUT2D eigenvalue weighted by atomic mass is 79.9. The molecule has 98 valence electrons. The molecule has 0 aromatic heterocycles. The molecule has 18 heavy (non-hydrogen) atoms. The van der Waals surface area contributed by atoms with Crippen molar-refractivity contribution >= 4 is 27.7 Å². The Morgan fingerprint density at radius 1 is 1.39 bits per heavy atom. The summed E-state index contributed by atoms with van der Waals surface area (Å²) in [5.74, 6) is -0.325. The molecule has 1 aromatic carbocycles. The summed E-state index contributed by atoms with van der Waals surface area (Å²) in [6.45, 7) is 5.82. The van der Waals surface area contributed by atoms with Crippen LogP contribution in [0.2, 0.25) is 0 Å². The summed E-state index contributed by atoms with van der Waals surface area (Å²) in [6, 6.07) is 5.50. The molecule has 0 amide bonds. The van der Waals surface area contributed by atoms with Gasteiger partial charge in [0, 0.05) is 5.56 Å². The van der Waals surface area contributed by atoms with Gasteiger partial charge in [-0.15, -0.1) is 0 Å². The molecule has 0 bridgehead atoms. The van der Waals surface area contributed by atoms with Gasteiger partial charge in [-0.2, -0.15) is 0 Å². The Labute approximate surface area is 116 Å². The molecule has 0 aliphatic carbocycles. The lowest BCUT2D eigenvalue weighted by Crippen LogP contribution is -2.16. The van der Waals surface area contributed by atoms with Crippen molar-refractivity contribution in [2.45, 2.75) is 32.0 Å². The maximum absolute atomic E-state index is 12.0. The van der Waals surface area contributed by atoms with Crippen molar-refractivity contribution in [3.05, 3.63) is 34.9 Å². The number of ketones is 1. The highest BCUT2D eigenvalue weighted by Gasteiger charge is 2.18. The summed E-state index contributed by atoms with van der Waals surface area (Å²) in [5.41, 5.74) is 2.33. The minimum absolute atomic E-state index is 0.0192. The van der Waals surface area contributed by atoms with Crippen LogP contribution in [0.15, 0.2) is 18.2 Å². The molecule has 0 radical (unpaired) electrons. The molecular formula is C14H17BrO3. The third kappa shape index (κ3) is 3.95. The van der Waals surface area contributed by atoms with Gasteiger partial charge in [-0.05, 0) is 26.3 Å². The average Bonchev–Trinajstić information content (AvgIpc) is 2.28. The lowest BCUT2D eigenvalue weighted by molar-refractivity contribution is -0.142. The minimum Gasteiger partial charge on any atom is -0.466 e. The van der Waals surface area contributed by atoms with Gasteiger partial charge >= 0.3 is 5.97 Å². The number of hydrogen-bond donors (Lipinski definition) is 0. The summed E-state index contributed by atoms with van der Waals surface area (Å²) in [4.78, 5) is 23.3. The van der Waals surface area contributed by atoms with Gasteiger partial charge in [-0.3, -0.25) is 9.59 Å². The molecule has 0 aliphatic heterocycles. The topological polar surface area (TPSA) is 43.4 Å². The highest BCUT2D eigenvalue weighted by molar-refractivity contribution is 9.10. The van der Waals surface area contributed by atoms with Gasteiger partial charge in [0.05, 0.1) is 17.9 Å². The molecule has 1 aromatic rings. The normalized spacial score (nSPS) is 12.0. The molecule has 0 heterocycles. The number of ether oxygens (including phenoxy) is 1. The van der Waals surface area contributed by atoms with Crippen LogP contribution in [-0.4, -0.2) is 23.2 Å². The smallest absolute Gasteiger partial charge is 0.310 e. The number of esters is 1. The molecule has 3 nitrogen and oxygen atoms in total. The first kappa shape index (κ1) is 14.9. The number of carbonyl (C=O) groups excluding carboxylic acids is 2. The number of Topliss-reactive ketones (excluding diaryl/α,β-unsaturated/α-hetero) is 1. The van der Waals surface area contributed by atoms with Crippen LogP contribution in [-0.2, 0) is 16.0 Å². The molecule has 0 N–H and O–H groups in total. The van der Waals surface area contributed by atoms with Crippen LogP contribution in [0.4, 0.5) is 0 Å². The molecule has 0 fully saturated rings. The number of carbonyl (C=O) groups is 2. The van der Waals surface area contributed by atoms with Crippen molar-refractivity contribution in [3.63, 3.8) is 0 Å². The van der Waals surface area contributed by atoms with E-state index < -0.39 is 0 Å². The predicted molar refractivity (Wildman–Crippen MR) is 74.2 cm³/mol. The van der Waals surface area contributed by atoms with E-state index in [-0.39, 0.29) is 23.0 Å². The van der Waals surface area contributed by atoms with Crippen LogP contribution in [0.5, 0.6) is 0 Å². The van der Waals surface area contributed by atoms with Gasteiger partial charge in [0.15, 0.2) is 5.78 Å². The van der Waals surface area contributed by atoms with Crippen LogP contribution < -0.4 is 0 Å². The maximum atomic E-state index is 12.0. The Kier molecular flexibility index (Phi) is 5.54. The van der Waals surface area contributed by atoms with Gasteiger partial charge in [-0.1, -0.05) is 39.7 Å². The van der Waals surface area contributed by atoms with Crippen LogP contribution in [0.1, 0.15) is 35.3 Å². The van der Waals surface area contributed by atoms with Crippen molar-refractivity contribution in [1.29, 1.82) is 0 Å². The Balaban J connectivity index is 3.04. The number of hydrogen-bond acceptors (Lipinski definition) is 3. The monoisotopic (exact) mass is 312 g/mol. The first-order valence-electron chi connectivity index (χ1n) is 5.89. The van der Waals surface area contributed by atoms with Crippen molar-refractivity contribution in [2.24, 2.45) is 0 Å². The van der Waals surface area contributed by atoms with Crippen molar-refractivity contribution < 1.29 is 14.3 Å². The van der Waals surface area contributed by atoms with E-state index in [1.165, 1.54) is 0 Å². The second kappa shape index (κ2) is 6.69. The minimum atomic E-state index is -0.306. The maximum Gasteiger partial charge on any atom is 0.310 e. The van der Waals surface area contributed by atoms with E-state index in [1.807, 2.05) is 19.1 Å². The summed E-state index contributed by atoms with van der Waals surface area (Å²) in [7, 11) is 0. The Morgan fingerprint density at radius 3 is 2.61 bits per heavy atom. The van der Waals surface area contributed by atoms with Crippen LogP contribution in [0, 0.1) is 6.92 Å². The van der Waals surface area contributed by atoms with Gasteiger partial charge < -0.3 is 4.74 Å². The number of aryl methyl sites for hydroxylation is 1. The Hall–Kier alpha value is -1.16. The zero-order valence-corrected chi connectivity index (χ0v) is 12.4. The number of rotatable bonds is 5. The van der Waals surface area contributed by atoms with Gasteiger partial charge in [0.25, 0.3) is 0 Å². The highest BCUT2D eigenvalue weighted by Crippen LogP contribution is 2.17. The zero-order valence-electron chi connectivity index (χ0n) is 10.8. The summed E-state index contributed by atoms with van der Waals surface area (Å²) < 4.78 is 4.92. The first-order valence-corrected chi connectivity index (χ1v) is 6.80.